The Balaban J connectivity index is 1.46. The predicted molar refractivity (Wildman–Crippen MR) is 72.9 cm³/mol. The molecule has 0 aromatic carbocycles. The molecule has 1 N–H and O–H groups in total. The van der Waals surface area contributed by atoms with Crippen LogP contribution in [0.1, 0.15) is 26.2 Å². The molecule has 3 aliphatic rings. The third-order valence-corrected chi connectivity index (χ3v) is 4.94. The van der Waals surface area contributed by atoms with Gasteiger partial charge in [0.2, 0.25) is 0 Å². The van der Waals surface area contributed by atoms with Gasteiger partial charge in [-0.3, -0.25) is 9.80 Å². The van der Waals surface area contributed by atoms with Gasteiger partial charge in [0.1, 0.15) is 0 Å². The SMILES string of the molecule is CCC1CC(N2CCN(C3CNC3)CC2)CCO1. The highest BCUT2D eigenvalue weighted by Crippen LogP contribution is 2.22. The molecule has 2 unspecified atom stereocenters. The molecule has 4 nitrogen and oxygen atoms in total. The molecule has 0 aromatic rings. The van der Waals surface area contributed by atoms with E-state index in [4.69, 9.17) is 4.74 Å². The molecule has 2 atom stereocenters. The second-order valence-corrected chi connectivity index (χ2v) is 5.96. The van der Waals surface area contributed by atoms with Gasteiger partial charge in [0.25, 0.3) is 0 Å². The largest absolute Gasteiger partial charge is 0.378 e. The Kier molecular flexibility index (Phi) is 4.19. The lowest BCUT2D eigenvalue weighted by Crippen LogP contribution is -2.62. The van der Waals surface area contributed by atoms with Crippen LogP contribution in [0.25, 0.3) is 0 Å². The summed E-state index contributed by atoms with van der Waals surface area (Å²) in [5.41, 5.74) is 0. The van der Waals surface area contributed by atoms with Crippen LogP contribution >= 0.6 is 0 Å². The van der Waals surface area contributed by atoms with Crippen LogP contribution < -0.4 is 5.32 Å². The average molecular weight is 253 g/mol. The molecular weight excluding hydrogens is 226 g/mol. The Labute approximate surface area is 111 Å². The molecule has 104 valence electrons. The lowest BCUT2D eigenvalue weighted by atomic mass is 9.99. The maximum absolute atomic E-state index is 5.79. The van der Waals surface area contributed by atoms with Crippen molar-refractivity contribution in [3.8, 4) is 0 Å². The van der Waals surface area contributed by atoms with E-state index in [0.717, 1.165) is 18.7 Å². The summed E-state index contributed by atoms with van der Waals surface area (Å²) in [6.07, 6.45) is 4.17. The van der Waals surface area contributed by atoms with Crippen LogP contribution in [0.3, 0.4) is 0 Å². The number of piperazine rings is 1. The highest BCUT2D eigenvalue weighted by molar-refractivity contribution is 4.89. The minimum atomic E-state index is 0.512. The predicted octanol–water partition coefficient (Wildman–Crippen LogP) is 0.533. The first-order chi connectivity index (χ1) is 8.86. The molecule has 0 amide bonds. The van der Waals surface area contributed by atoms with E-state index >= 15 is 0 Å². The summed E-state index contributed by atoms with van der Waals surface area (Å²) >= 11 is 0. The van der Waals surface area contributed by atoms with Crippen LogP contribution in [0.2, 0.25) is 0 Å². The van der Waals surface area contributed by atoms with Gasteiger partial charge in [0.15, 0.2) is 0 Å². The van der Waals surface area contributed by atoms with Crippen LogP contribution in [0.4, 0.5) is 0 Å². The molecule has 0 bridgehead atoms. The molecule has 3 fully saturated rings. The van der Waals surface area contributed by atoms with Gasteiger partial charge in [-0.1, -0.05) is 6.92 Å². The quantitative estimate of drug-likeness (QED) is 0.794. The topological polar surface area (TPSA) is 27.7 Å². The zero-order chi connectivity index (χ0) is 12.4. The van der Waals surface area contributed by atoms with E-state index in [0.29, 0.717) is 6.10 Å². The van der Waals surface area contributed by atoms with E-state index in [1.807, 2.05) is 0 Å². The standard InChI is InChI=1S/C14H27N3O/c1-2-14-9-12(3-8-18-14)16-4-6-17(7-5-16)13-10-15-11-13/h12-15H,2-11H2,1H3. The first kappa shape index (κ1) is 12.9. The highest BCUT2D eigenvalue weighted by atomic mass is 16.5. The molecule has 0 aliphatic carbocycles. The zero-order valence-corrected chi connectivity index (χ0v) is 11.6. The van der Waals surface area contributed by atoms with E-state index in [2.05, 4.69) is 22.0 Å². The van der Waals surface area contributed by atoms with Crippen molar-refractivity contribution in [2.24, 2.45) is 0 Å². The molecule has 18 heavy (non-hydrogen) atoms. The molecule has 0 aromatic heterocycles. The van der Waals surface area contributed by atoms with E-state index < -0.39 is 0 Å². The maximum atomic E-state index is 5.79. The second-order valence-electron chi connectivity index (χ2n) is 5.96. The Bertz CT molecular complexity index is 262. The molecule has 4 heteroatoms. The first-order valence-corrected chi connectivity index (χ1v) is 7.67. The van der Waals surface area contributed by atoms with E-state index in [9.17, 15) is 0 Å². The molecule has 3 rings (SSSR count). The fraction of sp³-hybridized carbons (Fsp3) is 1.00. The molecule has 3 aliphatic heterocycles. The summed E-state index contributed by atoms with van der Waals surface area (Å²) in [5.74, 6) is 0. The summed E-state index contributed by atoms with van der Waals surface area (Å²) in [5, 5.41) is 3.37. The van der Waals surface area contributed by atoms with Crippen LogP contribution in [-0.2, 0) is 4.74 Å². The third-order valence-electron chi connectivity index (χ3n) is 4.94. The van der Waals surface area contributed by atoms with Crippen LogP contribution in [0.15, 0.2) is 0 Å². The van der Waals surface area contributed by atoms with Gasteiger partial charge in [-0.25, -0.2) is 0 Å². The van der Waals surface area contributed by atoms with E-state index in [1.165, 1.54) is 58.5 Å². The molecular formula is C14H27N3O. The van der Waals surface area contributed by atoms with Crippen molar-refractivity contribution in [3.05, 3.63) is 0 Å². The summed E-state index contributed by atoms with van der Waals surface area (Å²) in [4.78, 5) is 5.39. The number of nitrogens with zero attached hydrogens (tertiary/aromatic N) is 2. The minimum absolute atomic E-state index is 0.512. The summed E-state index contributed by atoms with van der Waals surface area (Å²) in [6.45, 7) is 10.7. The summed E-state index contributed by atoms with van der Waals surface area (Å²) in [7, 11) is 0. The molecule has 0 radical (unpaired) electrons. The van der Waals surface area contributed by atoms with Crippen molar-refractivity contribution in [1.82, 2.24) is 15.1 Å². The maximum Gasteiger partial charge on any atom is 0.0587 e. The van der Waals surface area contributed by atoms with Gasteiger partial charge in [-0.2, -0.15) is 0 Å². The monoisotopic (exact) mass is 253 g/mol. The van der Waals surface area contributed by atoms with Gasteiger partial charge in [0.05, 0.1) is 6.10 Å². The van der Waals surface area contributed by atoms with E-state index in [1.54, 1.807) is 0 Å². The van der Waals surface area contributed by atoms with Crippen molar-refractivity contribution in [2.75, 3.05) is 45.9 Å². The van der Waals surface area contributed by atoms with Gasteiger partial charge < -0.3 is 10.1 Å². The number of rotatable bonds is 3. The fourth-order valence-electron chi connectivity index (χ4n) is 3.48. The van der Waals surface area contributed by atoms with Crippen molar-refractivity contribution < 1.29 is 4.74 Å². The summed E-state index contributed by atoms with van der Waals surface area (Å²) < 4.78 is 5.79. The average Bonchev–Trinajstić information content (AvgIpc) is 2.38. The molecule has 3 saturated heterocycles. The highest BCUT2D eigenvalue weighted by Gasteiger charge is 2.32. The van der Waals surface area contributed by atoms with Crippen LogP contribution in [0.5, 0.6) is 0 Å². The fourth-order valence-corrected chi connectivity index (χ4v) is 3.48. The molecule has 3 heterocycles. The number of hydrogen-bond donors (Lipinski definition) is 1. The lowest BCUT2D eigenvalue weighted by molar-refractivity contribution is -0.0420. The number of ether oxygens (including phenoxy) is 1. The summed E-state index contributed by atoms with van der Waals surface area (Å²) in [6, 6.07) is 1.61. The first-order valence-electron chi connectivity index (χ1n) is 7.67. The van der Waals surface area contributed by atoms with E-state index in [-0.39, 0.29) is 0 Å². The van der Waals surface area contributed by atoms with Crippen LogP contribution in [0, 0.1) is 0 Å². The molecule has 0 spiro atoms. The van der Waals surface area contributed by atoms with Crippen LogP contribution in [-0.4, -0.2) is 73.9 Å². The second kappa shape index (κ2) is 5.87. The molecule has 0 saturated carbocycles. The number of nitrogens with one attached hydrogen (secondary N) is 1. The Morgan fingerprint density at radius 3 is 2.28 bits per heavy atom. The van der Waals surface area contributed by atoms with Gasteiger partial charge >= 0.3 is 0 Å². The van der Waals surface area contributed by atoms with Crippen molar-refractivity contribution in [2.45, 2.75) is 44.4 Å². The smallest absolute Gasteiger partial charge is 0.0587 e. The zero-order valence-electron chi connectivity index (χ0n) is 11.6. The Morgan fingerprint density at radius 2 is 1.72 bits per heavy atom. The van der Waals surface area contributed by atoms with Gasteiger partial charge in [0, 0.05) is 58.0 Å². The Morgan fingerprint density at radius 1 is 1.06 bits per heavy atom. The van der Waals surface area contributed by atoms with Crippen molar-refractivity contribution in [1.29, 1.82) is 0 Å². The van der Waals surface area contributed by atoms with Crippen molar-refractivity contribution in [3.63, 3.8) is 0 Å². The Hall–Kier alpha value is -0.160. The van der Waals surface area contributed by atoms with Gasteiger partial charge in [-0.05, 0) is 19.3 Å². The third kappa shape index (κ3) is 2.72. The van der Waals surface area contributed by atoms with Crippen molar-refractivity contribution >= 4 is 0 Å². The lowest BCUT2D eigenvalue weighted by Gasteiger charge is -2.46. The van der Waals surface area contributed by atoms with Gasteiger partial charge in [-0.15, -0.1) is 0 Å². The minimum Gasteiger partial charge on any atom is -0.378 e. The normalized spacial score (nSPS) is 36.5. The number of hydrogen-bond acceptors (Lipinski definition) is 4.